The van der Waals surface area contributed by atoms with E-state index in [-0.39, 0.29) is 61.4 Å². The summed E-state index contributed by atoms with van der Waals surface area (Å²) in [6.07, 6.45) is 3.59. The van der Waals surface area contributed by atoms with E-state index in [0.717, 1.165) is 16.0 Å². The fourth-order valence-electron chi connectivity index (χ4n) is 6.99. The highest BCUT2D eigenvalue weighted by Crippen LogP contribution is 2.56. The smallest absolute Gasteiger partial charge is 0.303 e. The van der Waals surface area contributed by atoms with Crippen LogP contribution in [0.25, 0.3) is 0 Å². The molecule has 2 aromatic carbocycles. The van der Waals surface area contributed by atoms with Gasteiger partial charge in [0.25, 0.3) is 0 Å². The molecular weight excluding hydrogens is 550 g/mol. The molecule has 2 aromatic rings. The highest BCUT2D eigenvalue weighted by atomic mass is 16.5. The predicted octanol–water partition coefficient (Wildman–Crippen LogP) is 4.27. The Balaban J connectivity index is 1.36. The van der Waals surface area contributed by atoms with Crippen LogP contribution < -0.4 is 4.74 Å². The monoisotopic (exact) mass is 581 g/mol. The topological polar surface area (TPSA) is 138 Å². The SMILES string of the molecule is CC1=CC(=O)C2=C(C1=O)C(c1ccc(OCc3ccccc3)cc1O)C1=CCC3C(=O)N(CCCC(=O)O)C(=O)C3C1C2. The van der Waals surface area contributed by atoms with Gasteiger partial charge in [0.1, 0.15) is 18.1 Å². The molecular formula is C34H31NO8. The molecule has 4 atom stereocenters. The largest absolute Gasteiger partial charge is 0.507 e. The van der Waals surface area contributed by atoms with Gasteiger partial charge in [0, 0.05) is 47.2 Å². The number of carbonyl (C=O) groups is 5. The molecule has 1 heterocycles. The molecule has 0 spiro atoms. The lowest BCUT2D eigenvalue weighted by Crippen LogP contribution is -2.40. The molecule has 9 heteroatoms. The number of phenols is 1. The fraction of sp³-hybridized carbons (Fsp3) is 0.324. The third-order valence-electron chi connectivity index (χ3n) is 8.99. The molecule has 220 valence electrons. The molecule has 2 N–H and O–H groups in total. The Bertz CT molecular complexity index is 1650. The second-order valence-electron chi connectivity index (χ2n) is 11.5. The molecule has 4 unspecified atom stereocenters. The Morgan fingerprint density at radius 1 is 1.02 bits per heavy atom. The number of rotatable bonds is 8. The van der Waals surface area contributed by atoms with E-state index < -0.39 is 29.6 Å². The van der Waals surface area contributed by atoms with E-state index in [1.807, 2.05) is 36.4 Å². The van der Waals surface area contributed by atoms with Crippen LogP contribution in [-0.4, -0.2) is 51.0 Å². The molecule has 1 saturated heterocycles. The second kappa shape index (κ2) is 11.1. The van der Waals surface area contributed by atoms with Crippen molar-refractivity contribution in [2.24, 2.45) is 17.8 Å². The minimum Gasteiger partial charge on any atom is -0.507 e. The lowest BCUT2D eigenvalue weighted by Gasteiger charge is -2.42. The summed E-state index contributed by atoms with van der Waals surface area (Å²) in [6.45, 7) is 1.90. The van der Waals surface area contributed by atoms with Crippen LogP contribution in [0.3, 0.4) is 0 Å². The maximum absolute atomic E-state index is 13.7. The van der Waals surface area contributed by atoms with E-state index in [4.69, 9.17) is 9.84 Å². The first-order valence-corrected chi connectivity index (χ1v) is 14.4. The molecule has 4 aliphatic rings. The van der Waals surface area contributed by atoms with Gasteiger partial charge in [-0.1, -0.05) is 48.0 Å². The van der Waals surface area contributed by atoms with Crippen LogP contribution in [-0.2, 0) is 30.6 Å². The molecule has 3 aliphatic carbocycles. The summed E-state index contributed by atoms with van der Waals surface area (Å²) >= 11 is 0. The van der Waals surface area contributed by atoms with Gasteiger partial charge in [0.2, 0.25) is 11.8 Å². The number of phenolic OH excluding ortho intramolecular Hbond substituents is 1. The Kier molecular flexibility index (Phi) is 7.33. The van der Waals surface area contributed by atoms with Crippen molar-refractivity contribution in [1.29, 1.82) is 0 Å². The summed E-state index contributed by atoms with van der Waals surface area (Å²) in [5.41, 5.74) is 3.02. The number of ether oxygens (including phenoxy) is 1. The number of carboxylic acid groups (broad SMARTS) is 1. The predicted molar refractivity (Wildman–Crippen MR) is 154 cm³/mol. The lowest BCUT2D eigenvalue weighted by atomic mass is 9.59. The number of amides is 2. The van der Waals surface area contributed by atoms with Gasteiger partial charge in [0.15, 0.2) is 11.6 Å². The highest BCUT2D eigenvalue weighted by Gasteiger charge is 2.56. The van der Waals surface area contributed by atoms with E-state index in [9.17, 15) is 29.1 Å². The van der Waals surface area contributed by atoms with E-state index >= 15 is 0 Å². The van der Waals surface area contributed by atoms with Gasteiger partial charge in [-0.3, -0.25) is 28.9 Å². The summed E-state index contributed by atoms with van der Waals surface area (Å²) in [7, 11) is 0. The zero-order chi connectivity index (χ0) is 30.4. The third-order valence-corrected chi connectivity index (χ3v) is 8.99. The number of hydrogen-bond donors (Lipinski definition) is 2. The molecule has 0 bridgehead atoms. The van der Waals surface area contributed by atoms with Gasteiger partial charge in [-0.15, -0.1) is 0 Å². The van der Waals surface area contributed by atoms with Crippen LogP contribution in [0.2, 0.25) is 0 Å². The maximum atomic E-state index is 13.7. The number of hydrogen-bond acceptors (Lipinski definition) is 7. The molecule has 0 saturated carbocycles. The average Bonchev–Trinajstić information content (AvgIpc) is 3.23. The Morgan fingerprint density at radius 3 is 2.51 bits per heavy atom. The minimum absolute atomic E-state index is 0.0149. The number of carboxylic acids is 1. The number of ketones is 2. The third kappa shape index (κ3) is 4.98. The lowest BCUT2D eigenvalue weighted by molar-refractivity contribution is -0.142. The van der Waals surface area contributed by atoms with Crippen LogP contribution >= 0.6 is 0 Å². The molecule has 0 aromatic heterocycles. The number of likely N-dealkylation sites (tertiary alicyclic amines) is 1. The summed E-state index contributed by atoms with van der Waals surface area (Å²) in [4.78, 5) is 66.0. The molecule has 43 heavy (non-hydrogen) atoms. The van der Waals surface area contributed by atoms with Crippen molar-refractivity contribution in [2.75, 3.05) is 6.54 Å². The number of nitrogens with zero attached hydrogens (tertiary/aromatic N) is 1. The van der Waals surface area contributed by atoms with Gasteiger partial charge in [0.05, 0.1) is 11.8 Å². The Hall–Kier alpha value is -4.79. The van der Waals surface area contributed by atoms with Crippen molar-refractivity contribution in [2.45, 2.75) is 45.1 Å². The number of fused-ring (bicyclic) bond motifs is 3. The molecule has 9 nitrogen and oxygen atoms in total. The molecule has 6 rings (SSSR count). The van der Waals surface area contributed by atoms with Crippen molar-refractivity contribution >= 4 is 29.4 Å². The molecule has 1 aliphatic heterocycles. The van der Waals surface area contributed by atoms with Crippen molar-refractivity contribution < 1.29 is 38.9 Å². The van der Waals surface area contributed by atoms with Gasteiger partial charge >= 0.3 is 5.97 Å². The van der Waals surface area contributed by atoms with Gasteiger partial charge in [-0.05, 0) is 49.8 Å². The van der Waals surface area contributed by atoms with Crippen molar-refractivity contribution in [1.82, 2.24) is 4.90 Å². The van der Waals surface area contributed by atoms with Crippen molar-refractivity contribution in [3.8, 4) is 11.5 Å². The fourth-order valence-corrected chi connectivity index (χ4v) is 6.99. The number of benzene rings is 2. The van der Waals surface area contributed by atoms with E-state index in [1.165, 1.54) is 12.1 Å². The average molecular weight is 582 g/mol. The normalized spacial score (nSPS) is 24.7. The number of aromatic hydroxyl groups is 1. The van der Waals surface area contributed by atoms with E-state index in [0.29, 0.717) is 34.6 Å². The van der Waals surface area contributed by atoms with Crippen LogP contribution in [0.5, 0.6) is 11.5 Å². The molecule has 2 amide bonds. The summed E-state index contributed by atoms with van der Waals surface area (Å²) in [5.74, 6) is -4.65. The Morgan fingerprint density at radius 2 is 1.79 bits per heavy atom. The first-order valence-electron chi connectivity index (χ1n) is 14.4. The van der Waals surface area contributed by atoms with Crippen molar-refractivity contribution in [3.63, 3.8) is 0 Å². The standard InChI is InChI=1S/C34H31NO8/c1-18-14-26(36)25-16-24-21(11-12-23-30(24)34(42)35(33(23)41)13-5-8-28(38)39)29(31(25)32(18)40)22-10-9-20(15-27(22)37)43-17-19-6-3-2-4-7-19/h2-4,6-7,9-11,14-15,23-24,29-30,37H,5,8,12-13,16-17H2,1H3,(H,38,39). The zero-order valence-electron chi connectivity index (χ0n) is 23.6. The summed E-state index contributed by atoms with van der Waals surface area (Å²) in [6, 6.07) is 14.5. The zero-order valence-corrected chi connectivity index (χ0v) is 23.6. The first-order chi connectivity index (χ1) is 20.7. The minimum atomic E-state index is -1.00. The van der Waals surface area contributed by atoms with Crippen molar-refractivity contribution in [3.05, 3.63) is 94.1 Å². The van der Waals surface area contributed by atoms with Crippen LogP contribution in [0.15, 0.2) is 83.0 Å². The van der Waals surface area contributed by atoms with Crippen LogP contribution in [0, 0.1) is 17.8 Å². The maximum Gasteiger partial charge on any atom is 0.303 e. The summed E-state index contributed by atoms with van der Waals surface area (Å²) < 4.78 is 5.88. The van der Waals surface area contributed by atoms with Gasteiger partial charge in [-0.25, -0.2) is 0 Å². The van der Waals surface area contributed by atoms with E-state index in [2.05, 4.69) is 0 Å². The summed E-state index contributed by atoms with van der Waals surface area (Å²) in [5, 5.41) is 20.3. The van der Waals surface area contributed by atoms with Crippen LogP contribution in [0.1, 0.15) is 49.7 Å². The highest BCUT2D eigenvalue weighted by molar-refractivity contribution is 6.24. The number of aliphatic carboxylic acids is 1. The number of carbonyl (C=O) groups excluding carboxylic acids is 4. The second-order valence-corrected chi connectivity index (χ2v) is 11.5. The van der Waals surface area contributed by atoms with E-state index in [1.54, 1.807) is 19.1 Å². The Labute approximate surface area is 248 Å². The number of allylic oxidation sites excluding steroid dienone is 6. The first kappa shape index (κ1) is 28.3. The molecule has 0 radical (unpaired) electrons. The number of Topliss-reactive ketones (excluding diaryl/α,β-unsaturated/α-hetero) is 1. The quantitative estimate of drug-likeness (QED) is 0.268. The van der Waals surface area contributed by atoms with Crippen LogP contribution in [0.4, 0.5) is 0 Å². The molecule has 1 fully saturated rings. The van der Waals surface area contributed by atoms with Gasteiger partial charge < -0.3 is 14.9 Å². The van der Waals surface area contributed by atoms with Gasteiger partial charge in [-0.2, -0.15) is 0 Å². The number of imide groups is 1.